The van der Waals surface area contributed by atoms with Crippen LogP contribution >= 0.6 is 11.6 Å². The lowest BCUT2D eigenvalue weighted by atomic mass is 10.0. The second-order valence-electron chi connectivity index (χ2n) is 7.23. The first kappa shape index (κ1) is 19.7. The lowest BCUT2D eigenvalue weighted by Crippen LogP contribution is -2.28. The topological polar surface area (TPSA) is 84.6 Å². The van der Waals surface area contributed by atoms with Crippen LogP contribution in [-0.2, 0) is 4.79 Å². The molecule has 1 aromatic heterocycles. The van der Waals surface area contributed by atoms with E-state index in [1.165, 1.54) is 0 Å². The molecule has 1 fully saturated rings. The van der Waals surface area contributed by atoms with Gasteiger partial charge in [-0.15, -0.1) is 0 Å². The lowest BCUT2D eigenvalue weighted by molar-refractivity contribution is -0.136. The molecule has 27 heavy (non-hydrogen) atoms. The van der Waals surface area contributed by atoms with Gasteiger partial charge in [-0.2, -0.15) is 0 Å². The summed E-state index contributed by atoms with van der Waals surface area (Å²) in [4.78, 5) is 10.6. The van der Waals surface area contributed by atoms with Gasteiger partial charge in [0, 0.05) is 30.1 Å². The summed E-state index contributed by atoms with van der Waals surface area (Å²) in [6, 6.07) is 7.91. The van der Waals surface area contributed by atoms with E-state index in [4.69, 9.17) is 26.0 Å². The van der Waals surface area contributed by atoms with Crippen LogP contribution in [0.2, 0.25) is 5.02 Å². The van der Waals surface area contributed by atoms with E-state index in [9.17, 15) is 4.79 Å². The second-order valence-corrected chi connectivity index (χ2v) is 7.64. The van der Waals surface area contributed by atoms with Crippen LogP contribution < -0.4 is 10.1 Å². The van der Waals surface area contributed by atoms with Crippen LogP contribution in [0.1, 0.15) is 51.2 Å². The highest BCUT2D eigenvalue weighted by Gasteiger charge is 2.28. The summed E-state index contributed by atoms with van der Waals surface area (Å²) in [6.07, 6.45) is 3.14. The normalized spacial score (nSPS) is 19.6. The molecule has 1 aromatic carbocycles. The first-order valence-corrected chi connectivity index (χ1v) is 9.68. The van der Waals surface area contributed by atoms with Crippen LogP contribution in [0.3, 0.4) is 0 Å². The lowest BCUT2D eigenvalue weighted by Gasteiger charge is -2.11. The molecule has 0 radical (unpaired) electrons. The molecule has 0 aliphatic heterocycles. The first-order chi connectivity index (χ1) is 12.9. The van der Waals surface area contributed by atoms with Gasteiger partial charge in [-0.3, -0.25) is 4.79 Å². The number of aliphatic carboxylic acids is 1. The molecule has 1 aliphatic rings. The number of nitrogens with one attached hydrogen (secondary N) is 1. The largest absolute Gasteiger partial charge is 0.489 e. The number of carboxylic acid groups (broad SMARTS) is 1. The summed E-state index contributed by atoms with van der Waals surface area (Å²) >= 11 is 6.31. The molecule has 7 heteroatoms. The van der Waals surface area contributed by atoms with Gasteiger partial charge in [0.05, 0.1) is 17.5 Å². The molecule has 2 N–H and O–H groups in total. The number of ether oxygens (including phenoxy) is 1. The van der Waals surface area contributed by atoms with Crippen LogP contribution in [0.4, 0.5) is 0 Å². The van der Waals surface area contributed by atoms with Crippen molar-refractivity contribution in [1.82, 2.24) is 10.5 Å². The molecule has 2 aromatic rings. The van der Waals surface area contributed by atoms with Crippen molar-refractivity contribution in [2.75, 3.05) is 6.54 Å². The van der Waals surface area contributed by atoms with E-state index in [0.717, 1.165) is 36.3 Å². The van der Waals surface area contributed by atoms with Gasteiger partial charge in [0.15, 0.2) is 0 Å². The van der Waals surface area contributed by atoms with Gasteiger partial charge in [0.25, 0.3) is 0 Å². The van der Waals surface area contributed by atoms with Crippen molar-refractivity contribution in [3.05, 3.63) is 35.0 Å². The maximum atomic E-state index is 10.6. The van der Waals surface area contributed by atoms with Crippen molar-refractivity contribution in [2.24, 2.45) is 0 Å². The number of nitrogens with zero attached hydrogens (tertiary/aromatic N) is 1. The fourth-order valence-corrected chi connectivity index (χ4v) is 3.66. The minimum atomic E-state index is -0.777. The standard InChI is InChI=1S/C20H25ClN2O4/c1-12(2)26-18-6-4-13(10-16(18)21)17-11-19(27-23-17)14-3-5-15(9-14)22-8-7-20(24)25/h4,6,10-12,14-15,22H,3,5,7-9H2,1-2H3,(H,24,25). The molecule has 1 heterocycles. The third-order valence-electron chi connectivity index (χ3n) is 4.73. The fourth-order valence-electron chi connectivity index (χ4n) is 3.44. The third kappa shape index (κ3) is 5.23. The zero-order valence-corrected chi connectivity index (χ0v) is 16.3. The van der Waals surface area contributed by atoms with E-state index in [1.807, 2.05) is 38.1 Å². The highest BCUT2D eigenvalue weighted by molar-refractivity contribution is 6.32. The number of hydrogen-bond acceptors (Lipinski definition) is 5. The van der Waals surface area contributed by atoms with Crippen molar-refractivity contribution in [3.8, 4) is 17.0 Å². The second kappa shape index (κ2) is 8.76. The minimum Gasteiger partial charge on any atom is -0.489 e. The Morgan fingerprint density at radius 1 is 1.41 bits per heavy atom. The number of rotatable bonds is 8. The summed E-state index contributed by atoms with van der Waals surface area (Å²) in [5, 5.41) is 16.8. The number of aromatic nitrogens is 1. The highest BCUT2D eigenvalue weighted by Crippen LogP contribution is 2.37. The maximum Gasteiger partial charge on any atom is 0.304 e. The van der Waals surface area contributed by atoms with Crippen LogP contribution in [0, 0.1) is 0 Å². The summed E-state index contributed by atoms with van der Waals surface area (Å²) in [7, 11) is 0. The average molecular weight is 393 g/mol. The van der Waals surface area contributed by atoms with Gasteiger partial charge in [-0.25, -0.2) is 0 Å². The number of benzene rings is 1. The molecule has 2 unspecified atom stereocenters. The van der Waals surface area contributed by atoms with Crippen LogP contribution in [0.25, 0.3) is 11.3 Å². The summed E-state index contributed by atoms with van der Waals surface area (Å²) in [5.74, 6) is 1.05. The number of carboxylic acids is 1. The molecule has 146 valence electrons. The number of halogens is 1. The van der Waals surface area contributed by atoms with E-state index >= 15 is 0 Å². The average Bonchev–Trinajstić information content (AvgIpc) is 3.25. The van der Waals surface area contributed by atoms with Crippen LogP contribution in [0.15, 0.2) is 28.8 Å². The predicted molar refractivity (Wildman–Crippen MR) is 103 cm³/mol. The Kier molecular flexibility index (Phi) is 6.39. The Labute approximate surface area is 163 Å². The van der Waals surface area contributed by atoms with E-state index < -0.39 is 5.97 Å². The van der Waals surface area contributed by atoms with Crippen molar-refractivity contribution >= 4 is 17.6 Å². The molecule has 2 atom stereocenters. The smallest absolute Gasteiger partial charge is 0.304 e. The highest BCUT2D eigenvalue weighted by atomic mass is 35.5. The molecule has 0 amide bonds. The predicted octanol–water partition coefficient (Wildman–Crippen LogP) is 4.48. The number of carbonyl (C=O) groups is 1. The molecular weight excluding hydrogens is 368 g/mol. The first-order valence-electron chi connectivity index (χ1n) is 9.30. The Hall–Kier alpha value is -2.05. The summed E-state index contributed by atoms with van der Waals surface area (Å²) < 4.78 is 11.2. The van der Waals surface area contributed by atoms with Crippen molar-refractivity contribution in [3.63, 3.8) is 0 Å². The molecule has 1 saturated carbocycles. The van der Waals surface area contributed by atoms with Gasteiger partial charge < -0.3 is 19.7 Å². The molecular formula is C20H25ClN2O4. The Balaban J connectivity index is 1.62. The zero-order valence-electron chi connectivity index (χ0n) is 15.6. The Bertz CT molecular complexity index is 790. The van der Waals surface area contributed by atoms with Gasteiger partial charge in [-0.05, 0) is 51.3 Å². The van der Waals surface area contributed by atoms with Gasteiger partial charge >= 0.3 is 5.97 Å². The van der Waals surface area contributed by atoms with E-state index in [0.29, 0.717) is 29.3 Å². The molecule has 0 spiro atoms. The molecule has 6 nitrogen and oxygen atoms in total. The van der Waals surface area contributed by atoms with Crippen molar-refractivity contribution < 1.29 is 19.2 Å². The summed E-state index contributed by atoms with van der Waals surface area (Å²) in [5.41, 5.74) is 1.64. The quantitative estimate of drug-likeness (QED) is 0.688. The van der Waals surface area contributed by atoms with E-state index in [2.05, 4.69) is 10.5 Å². The van der Waals surface area contributed by atoms with Gasteiger partial charge in [0.2, 0.25) is 0 Å². The van der Waals surface area contributed by atoms with Crippen molar-refractivity contribution in [1.29, 1.82) is 0 Å². The Morgan fingerprint density at radius 2 is 2.22 bits per heavy atom. The van der Waals surface area contributed by atoms with E-state index in [-0.39, 0.29) is 12.5 Å². The van der Waals surface area contributed by atoms with Crippen molar-refractivity contribution in [2.45, 2.75) is 57.6 Å². The summed E-state index contributed by atoms with van der Waals surface area (Å²) in [6.45, 7) is 4.41. The van der Waals surface area contributed by atoms with Crippen LogP contribution in [-0.4, -0.2) is 34.9 Å². The van der Waals surface area contributed by atoms with E-state index in [1.54, 1.807) is 0 Å². The molecule has 0 bridgehead atoms. The maximum absolute atomic E-state index is 10.6. The number of hydrogen-bond donors (Lipinski definition) is 2. The molecule has 0 saturated heterocycles. The monoisotopic (exact) mass is 392 g/mol. The third-order valence-corrected chi connectivity index (χ3v) is 5.02. The Morgan fingerprint density at radius 3 is 2.93 bits per heavy atom. The minimum absolute atomic E-state index is 0.0615. The fraction of sp³-hybridized carbons (Fsp3) is 0.500. The molecule has 1 aliphatic carbocycles. The molecule has 3 rings (SSSR count). The van der Waals surface area contributed by atoms with Gasteiger partial charge in [0.1, 0.15) is 17.2 Å². The zero-order chi connectivity index (χ0) is 19.4. The van der Waals surface area contributed by atoms with Crippen LogP contribution in [0.5, 0.6) is 5.75 Å². The van der Waals surface area contributed by atoms with Gasteiger partial charge in [-0.1, -0.05) is 16.8 Å². The SMILES string of the molecule is CC(C)Oc1ccc(-c2cc(C3CCC(NCCC(=O)O)C3)on2)cc1Cl.